The first-order chi connectivity index (χ1) is 17.9. The van der Waals surface area contributed by atoms with Gasteiger partial charge in [-0.15, -0.1) is 0 Å². The maximum absolute atomic E-state index is 13.9. The highest BCUT2D eigenvalue weighted by Crippen LogP contribution is 2.29. The van der Waals surface area contributed by atoms with Crippen LogP contribution in [0.1, 0.15) is 37.5 Å². The van der Waals surface area contributed by atoms with Crippen LogP contribution in [0.4, 0.5) is 5.69 Å². The summed E-state index contributed by atoms with van der Waals surface area (Å²) in [6, 6.07) is 19.4. The van der Waals surface area contributed by atoms with Gasteiger partial charge in [0.25, 0.3) is 10.0 Å². The van der Waals surface area contributed by atoms with Crippen molar-refractivity contribution in [1.82, 2.24) is 10.2 Å². The zero-order chi connectivity index (χ0) is 28.0. The van der Waals surface area contributed by atoms with Gasteiger partial charge in [0, 0.05) is 17.6 Å². The molecule has 0 bridgehead atoms. The predicted octanol–water partition coefficient (Wildman–Crippen LogP) is 5.09. The molecule has 0 saturated heterocycles. The molecule has 3 aromatic carbocycles. The average molecular weight is 556 g/mol. The molecule has 0 radical (unpaired) electrons. The Morgan fingerprint density at radius 2 is 1.53 bits per heavy atom. The Morgan fingerprint density at radius 1 is 0.895 bits per heavy atom. The first-order valence-electron chi connectivity index (χ1n) is 12.4. The van der Waals surface area contributed by atoms with Gasteiger partial charge in [-0.3, -0.25) is 13.9 Å². The number of aryl methyl sites for hydroxylation is 1. The monoisotopic (exact) mass is 555 g/mol. The van der Waals surface area contributed by atoms with Crippen molar-refractivity contribution in [3.63, 3.8) is 0 Å². The van der Waals surface area contributed by atoms with Crippen LogP contribution < -0.4 is 9.62 Å². The molecule has 1 atom stereocenters. The molecule has 3 rings (SSSR count). The van der Waals surface area contributed by atoms with Crippen LogP contribution in [0.3, 0.4) is 0 Å². The van der Waals surface area contributed by atoms with Gasteiger partial charge in [0.05, 0.1) is 10.6 Å². The van der Waals surface area contributed by atoms with Crippen LogP contribution in [0.15, 0.2) is 77.7 Å². The summed E-state index contributed by atoms with van der Waals surface area (Å²) in [7, 11) is -4.10. The first kappa shape index (κ1) is 29.2. The fraction of sp³-hybridized carbons (Fsp3) is 0.310. The number of carbonyl (C=O) groups is 2. The van der Waals surface area contributed by atoms with E-state index in [1.807, 2.05) is 33.8 Å². The number of halogens is 1. The van der Waals surface area contributed by atoms with E-state index < -0.39 is 28.5 Å². The minimum atomic E-state index is -4.10. The second-order valence-corrected chi connectivity index (χ2v) is 11.8. The number of carbonyl (C=O) groups excluding carboxylic acids is 2. The van der Waals surface area contributed by atoms with Gasteiger partial charge in [-0.1, -0.05) is 54.1 Å². The molecule has 0 saturated carbocycles. The van der Waals surface area contributed by atoms with E-state index in [4.69, 9.17) is 11.6 Å². The number of nitrogens with zero attached hydrogens (tertiary/aromatic N) is 2. The lowest BCUT2D eigenvalue weighted by molar-refractivity contribution is -0.139. The first-order valence-corrected chi connectivity index (χ1v) is 14.2. The van der Waals surface area contributed by atoms with Crippen molar-refractivity contribution >= 4 is 39.1 Å². The highest BCUT2D eigenvalue weighted by Gasteiger charge is 2.33. The lowest BCUT2D eigenvalue weighted by atomic mass is 10.1. The number of anilines is 1. The standard InChI is InChI=1S/C29H34ClN3O4S/c1-20(2)31-29(35)23(5)32(18-24-14-16-25(30)17-15-24)28(34)19-33(27-13-9-10-21(3)22(27)4)38(36,37)26-11-7-6-8-12-26/h6-17,20,23H,18-19H2,1-5H3,(H,31,35)/t23-/m0/s1. The van der Waals surface area contributed by atoms with Gasteiger partial charge >= 0.3 is 0 Å². The fourth-order valence-electron chi connectivity index (χ4n) is 4.01. The van der Waals surface area contributed by atoms with Crippen LogP contribution in [0, 0.1) is 13.8 Å². The molecular weight excluding hydrogens is 522 g/mol. The fourth-order valence-corrected chi connectivity index (χ4v) is 5.63. The lowest BCUT2D eigenvalue weighted by Gasteiger charge is -2.33. The summed E-state index contributed by atoms with van der Waals surface area (Å²) in [4.78, 5) is 28.4. The zero-order valence-corrected chi connectivity index (χ0v) is 23.9. The Labute approximate surface area is 230 Å². The minimum absolute atomic E-state index is 0.0727. The van der Waals surface area contributed by atoms with Crippen molar-refractivity contribution in [2.75, 3.05) is 10.8 Å². The Bertz CT molecular complexity index is 1380. The van der Waals surface area contributed by atoms with E-state index in [0.29, 0.717) is 10.7 Å². The highest BCUT2D eigenvalue weighted by atomic mass is 35.5. The van der Waals surface area contributed by atoms with E-state index in [1.165, 1.54) is 17.0 Å². The Balaban J connectivity index is 2.06. The van der Waals surface area contributed by atoms with Crippen LogP contribution in [-0.4, -0.2) is 43.8 Å². The maximum atomic E-state index is 13.9. The van der Waals surface area contributed by atoms with Gasteiger partial charge in [-0.2, -0.15) is 0 Å². The second kappa shape index (κ2) is 12.5. The zero-order valence-electron chi connectivity index (χ0n) is 22.3. The molecule has 0 spiro atoms. The van der Waals surface area contributed by atoms with Gasteiger partial charge in [-0.25, -0.2) is 8.42 Å². The summed E-state index contributed by atoms with van der Waals surface area (Å²) < 4.78 is 28.9. The van der Waals surface area contributed by atoms with Crippen LogP contribution in [0.5, 0.6) is 0 Å². The largest absolute Gasteiger partial charge is 0.352 e. The number of sulfonamides is 1. The maximum Gasteiger partial charge on any atom is 0.264 e. The summed E-state index contributed by atoms with van der Waals surface area (Å²) in [5, 5.41) is 3.39. The second-order valence-electron chi connectivity index (χ2n) is 9.53. The lowest BCUT2D eigenvalue weighted by Crippen LogP contribution is -2.52. The van der Waals surface area contributed by atoms with E-state index in [2.05, 4.69) is 5.32 Å². The van der Waals surface area contributed by atoms with Gasteiger partial charge < -0.3 is 10.2 Å². The molecule has 0 aliphatic heterocycles. The summed E-state index contributed by atoms with van der Waals surface area (Å²) in [5.41, 5.74) is 2.81. The third kappa shape index (κ3) is 6.94. The van der Waals surface area contributed by atoms with Crippen LogP contribution in [0.25, 0.3) is 0 Å². The number of hydrogen-bond acceptors (Lipinski definition) is 4. The summed E-state index contributed by atoms with van der Waals surface area (Å²) in [6.45, 7) is 8.66. The van der Waals surface area contributed by atoms with Crippen LogP contribution >= 0.6 is 11.6 Å². The molecule has 0 aliphatic carbocycles. The molecule has 9 heteroatoms. The van der Waals surface area contributed by atoms with Crippen molar-refractivity contribution in [2.45, 2.75) is 58.1 Å². The summed E-state index contributed by atoms with van der Waals surface area (Å²) in [6.07, 6.45) is 0. The SMILES string of the molecule is Cc1cccc(N(CC(=O)N(Cc2ccc(Cl)cc2)[C@@H](C)C(=O)NC(C)C)S(=O)(=O)c2ccccc2)c1C. The molecule has 0 aromatic heterocycles. The quantitative estimate of drug-likeness (QED) is 0.377. The number of amides is 2. The van der Waals surface area contributed by atoms with E-state index in [-0.39, 0.29) is 23.4 Å². The topological polar surface area (TPSA) is 86.8 Å². The number of rotatable bonds is 10. The number of hydrogen-bond donors (Lipinski definition) is 1. The van der Waals surface area contributed by atoms with E-state index in [0.717, 1.165) is 21.0 Å². The molecular formula is C29H34ClN3O4S. The van der Waals surface area contributed by atoms with E-state index >= 15 is 0 Å². The smallest absolute Gasteiger partial charge is 0.264 e. The molecule has 0 fully saturated rings. The molecule has 38 heavy (non-hydrogen) atoms. The van der Waals surface area contributed by atoms with E-state index in [1.54, 1.807) is 61.5 Å². The molecule has 1 N–H and O–H groups in total. The van der Waals surface area contributed by atoms with Gasteiger partial charge in [-0.05, 0) is 81.6 Å². The third-order valence-corrected chi connectivity index (χ3v) is 8.35. The highest BCUT2D eigenvalue weighted by molar-refractivity contribution is 7.92. The normalized spacial score (nSPS) is 12.2. The number of nitrogens with one attached hydrogen (secondary N) is 1. The molecule has 0 aliphatic rings. The molecule has 3 aromatic rings. The molecule has 2 amide bonds. The van der Waals surface area contributed by atoms with Gasteiger partial charge in [0.1, 0.15) is 12.6 Å². The molecule has 0 heterocycles. The van der Waals surface area contributed by atoms with Crippen LogP contribution in [-0.2, 0) is 26.2 Å². The molecule has 202 valence electrons. The summed E-state index contributed by atoms with van der Waals surface area (Å²) >= 11 is 6.04. The third-order valence-electron chi connectivity index (χ3n) is 6.32. The van der Waals surface area contributed by atoms with Gasteiger partial charge in [0.15, 0.2) is 0 Å². The Kier molecular flexibility index (Phi) is 9.57. The number of benzene rings is 3. The van der Waals surface area contributed by atoms with Crippen LogP contribution in [0.2, 0.25) is 5.02 Å². The molecule has 0 unspecified atom stereocenters. The predicted molar refractivity (Wildman–Crippen MR) is 152 cm³/mol. The van der Waals surface area contributed by atoms with E-state index in [9.17, 15) is 18.0 Å². The van der Waals surface area contributed by atoms with Crippen molar-refractivity contribution < 1.29 is 18.0 Å². The minimum Gasteiger partial charge on any atom is -0.352 e. The van der Waals surface area contributed by atoms with Crippen molar-refractivity contribution in [3.05, 3.63) is 94.5 Å². The van der Waals surface area contributed by atoms with Crippen molar-refractivity contribution in [3.8, 4) is 0 Å². The van der Waals surface area contributed by atoms with Crippen molar-refractivity contribution in [1.29, 1.82) is 0 Å². The van der Waals surface area contributed by atoms with Crippen molar-refractivity contribution in [2.24, 2.45) is 0 Å². The average Bonchev–Trinajstić information content (AvgIpc) is 2.88. The Morgan fingerprint density at radius 3 is 2.13 bits per heavy atom. The van der Waals surface area contributed by atoms with Gasteiger partial charge in [0.2, 0.25) is 11.8 Å². The molecule has 7 nitrogen and oxygen atoms in total. The Hall–Kier alpha value is -3.36. The summed E-state index contributed by atoms with van der Waals surface area (Å²) in [5.74, 6) is -0.835.